The molecular weight excluding hydrogens is 345 g/mol. The molecule has 1 unspecified atom stereocenters. The smallest absolute Gasteiger partial charge is 0.230 e. The molecule has 0 aliphatic heterocycles. The number of nitrogens with zero attached hydrogens (tertiary/aromatic N) is 2. The molecule has 2 aliphatic rings. The number of rotatable bonds is 5. The zero-order chi connectivity index (χ0) is 19.6. The van der Waals surface area contributed by atoms with E-state index in [1.54, 1.807) is 19.9 Å². The van der Waals surface area contributed by atoms with Crippen LogP contribution in [0.3, 0.4) is 0 Å². The van der Waals surface area contributed by atoms with Crippen molar-refractivity contribution in [2.45, 2.75) is 71.4 Å². The highest BCUT2D eigenvalue weighted by atomic mass is 19.1. The first-order valence-corrected chi connectivity index (χ1v) is 9.85. The molecule has 6 heteroatoms. The van der Waals surface area contributed by atoms with Crippen LogP contribution >= 0.6 is 0 Å². The van der Waals surface area contributed by atoms with Crippen molar-refractivity contribution in [3.05, 3.63) is 23.5 Å². The largest absolute Gasteiger partial charge is 0.386 e. The van der Waals surface area contributed by atoms with Crippen molar-refractivity contribution in [3.63, 3.8) is 0 Å². The molecule has 0 bridgehead atoms. The molecule has 1 amide bonds. The second-order valence-electron chi connectivity index (χ2n) is 9.14. The van der Waals surface area contributed by atoms with Crippen molar-refractivity contribution < 1.29 is 14.3 Å². The minimum absolute atomic E-state index is 0.0611. The first-order valence-electron chi connectivity index (χ1n) is 9.85. The molecule has 27 heavy (non-hydrogen) atoms. The van der Waals surface area contributed by atoms with Gasteiger partial charge in [-0.15, -0.1) is 0 Å². The Morgan fingerprint density at radius 1 is 1.41 bits per heavy atom. The van der Waals surface area contributed by atoms with Gasteiger partial charge in [-0.2, -0.15) is 0 Å². The molecule has 2 fully saturated rings. The number of hydrogen-bond donors (Lipinski definition) is 2. The summed E-state index contributed by atoms with van der Waals surface area (Å²) >= 11 is 0. The first-order chi connectivity index (χ1) is 12.6. The molecular formula is C21H28FN3O2. The number of imidazole rings is 1. The minimum atomic E-state index is -1.15. The van der Waals surface area contributed by atoms with Crippen molar-refractivity contribution in [1.29, 1.82) is 0 Å². The molecule has 1 aromatic heterocycles. The molecule has 2 N–H and O–H groups in total. The van der Waals surface area contributed by atoms with Gasteiger partial charge in [0.1, 0.15) is 5.52 Å². The number of carbonyl (C=O) groups is 1. The SMILES string of the molecule is CC(C(=O)Nc1nc2c(F)cc(C(C)(C)O)cc2n1C1CCC1)C1(C)CC1. The predicted molar refractivity (Wildman–Crippen MR) is 103 cm³/mol. The van der Waals surface area contributed by atoms with Crippen LogP contribution in [0.1, 0.15) is 71.4 Å². The third-order valence-electron chi connectivity index (χ3n) is 6.61. The van der Waals surface area contributed by atoms with E-state index in [1.165, 1.54) is 6.07 Å². The van der Waals surface area contributed by atoms with Gasteiger partial charge in [0.25, 0.3) is 0 Å². The van der Waals surface area contributed by atoms with Crippen molar-refractivity contribution in [3.8, 4) is 0 Å². The van der Waals surface area contributed by atoms with Crippen LogP contribution in [0, 0.1) is 17.2 Å². The van der Waals surface area contributed by atoms with Crippen LogP contribution in [0.15, 0.2) is 12.1 Å². The van der Waals surface area contributed by atoms with E-state index < -0.39 is 11.4 Å². The molecule has 0 saturated heterocycles. The lowest BCUT2D eigenvalue weighted by Gasteiger charge is -2.30. The number of benzene rings is 1. The Labute approximate surface area is 159 Å². The topological polar surface area (TPSA) is 67.2 Å². The molecule has 2 saturated carbocycles. The summed E-state index contributed by atoms with van der Waals surface area (Å²) in [5.41, 5.74) is 0.302. The maximum absolute atomic E-state index is 14.8. The fourth-order valence-corrected chi connectivity index (χ4v) is 3.77. The monoisotopic (exact) mass is 373 g/mol. The summed E-state index contributed by atoms with van der Waals surface area (Å²) < 4.78 is 16.7. The summed E-state index contributed by atoms with van der Waals surface area (Å²) in [7, 11) is 0. The number of halogens is 1. The van der Waals surface area contributed by atoms with Crippen molar-refractivity contribution >= 4 is 22.9 Å². The molecule has 4 rings (SSSR count). The highest BCUT2D eigenvalue weighted by Gasteiger charge is 2.46. The van der Waals surface area contributed by atoms with E-state index in [0.717, 1.165) is 32.1 Å². The van der Waals surface area contributed by atoms with E-state index in [-0.39, 0.29) is 28.8 Å². The van der Waals surface area contributed by atoms with Crippen LogP contribution < -0.4 is 5.32 Å². The van der Waals surface area contributed by atoms with E-state index in [0.29, 0.717) is 17.0 Å². The Morgan fingerprint density at radius 2 is 2.07 bits per heavy atom. The van der Waals surface area contributed by atoms with Crippen molar-refractivity contribution in [2.75, 3.05) is 5.32 Å². The van der Waals surface area contributed by atoms with E-state index in [9.17, 15) is 14.3 Å². The number of amides is 1. The van der Waals surface area contributed by atoms with Crippen molar-refractivity contribution in [1.82, 2.24) is 9.55 Å². The van der Waals surface area contributed by atoms with E-state index in [4.69, 9.17) is 0 Å². The van der Waals surface area contributed by atoms with Crippen LogP contribution in [-0.4, -0.2) is 20.6 Å². The normalized spacial score (nSPS) is 20.4. The average Bonchev–Trinajstić information content (AvgIpc) is 3.19. The van der Waals surface area contributed by atoms with Gasteiger partial charge in [-0.25, -0.2) is 9.37 Å². The first kappa shape index (κ1) is 18.4. The highest BCUT2D eigenvalue weighted by molar-refractivity contribution is 5.94. The lowest BCUT2D eigenvalue weighted by Crippen LogP contribution is -2.29. The standard InChI is InChI=1S/C21H28FN3O2/c1-12(21(4)8-9-21)18(26)24-19-23-17-15(22)10-13(20(2,3)27)11-16(17)25(19)14-6-5-7-14/h10-12,14,27H,5-9H2,1-4H3,(H,23,24,26). The van der Waals surface area contributed by atoms with Crippen LogP contribution in [0.5, 0.6) is 0 Å². The molecule has 1 heterocycles. The number of anilines is 1. The van der Waals surface area contributed by atoms with Gasteiger partial charge in [0.15, 0.2) is 5.82 Å². The predicted octanol–water partition coefficient (Wildman–Crippen LogP) is 4.50. The molecule has 0 radical (unpaired) electrons. The summed E-state index contributed by atoms with van der Waals surface area (Å²) in [4.78, 5) is 17.2. The van der Waals surface area contributed by atoms with Crippen LogP contribution in [0.25, 0.3) is 11.0 Å². The molecule has 146 valence electrons. The lowest BCUT2D eigenvalue weighted by molar-refractivity contribution is -0.121. The number of carbonyl (C=O) groups excluding carboxylic acids is 1. The fraction of sp³-hybridized carbons (Fsp3) is 0.619. The number of aliphatic hydroxyl groups is 1. The van der Waals surface area contributed by atoms with E-state index >= 15 is 0 Å². The summed E-state index contributed by atoms with van der Waals surface area (Å²) in [6.07, 6.45) is 5.19. The van der Waals surface area contributed by atoms with Crippen LogP contribution in [0.4, 0.5) is 10.3 Å². The van der Waals surface area contributed by atoms with Gasteiger partial charge in [0.2, 0.25) is 11.9 Å². The van der Waals surface area contributed by atoms with Crippen LogP contribution in [0.2, 0.25) is 0 Å². The average molecular weight is 373 g/mol. The summed E-state index contributed by atoms with van der Waals surface area (Å²) in [5, 5.41) is 13.3. The van der Waals surface area contributed by atoms with E-state index in [2.05, 4.69) is 17.2 Å². The molecule has 2 aromatic rings. The van der Waals surface area contributed by atoms with Crippen molar-refractivity contribution in [2.24, 2.45) is 11.3 Å². The van der Waals surface area contributed by atoms with Gasteiger partial charge in [0, 0.05) is 12.0 Å². The Morgan fingerprint density at radius 3 is 2.59 bits per heavy atom. The number of aromatic nitrogens is 2. The Kier molecular flexibility index (Phi) is 4.11. The Hall–Kier alpha value is -1.95. The molecule has 1 aromatic carbocycles. The third kappa shape index (κ3) is 3.14. The lowest BCUT2D eigenvalue weighted by atomic mass is 9.91. The zero-order valence-corrected chi connectivity index (χ0v) is 16.5. The third-order valence-corrected chi connectivity index (χ3v) is 6.61. The highest BCUT2D eigenvalue weighted by Crippen LogP contribution is 2.51. The molecule has 1 atom stereocenters. The molecule has 5 nitrogen and oxygen atoms in total. The van der Waals surface area contributed by atoms with Gasteiger partial charge in [-0.3, -0.25) is 10.1 Å². The summed E-state index contributed by atoms with van der Waals surface area (Å²) in [6, 6.07) is 3.33. The number of hydrogen-bond acceptors (Lipinski definition) is 3. The summed E-state index contributed by atoms with van der Waals surface area (Å²) in [6.45, 7) is 7.35. The Bertz CT molecular complexity index is 904. The maximum Gasteiger partial charge on any atom is 0.230 e. The molecule has 0 spiro atoms. The number of nitrogens with one attached hydrogen (secondary N) is 1. The summed E-state index contributed by atoms with van der Waals surface area (Å²) in [5.74, 6) is -0.221. The second kappa shape index (κ2) is 6.03. The van der Waals surface area contributed by atoms with Gasteiger partial charge < -0.3 is 9.67 Å². The second-order valence-corrected chi connectivity index (χ2v) is 9.14. The van der Waals surface area contributed by atoms with E-state index in [1.807, 2.05) is 11.5 Å². The maximum atomic E-state index is 14.8. The van der Waals surface area contributed by atoms with Crippen LogP contribution in [-0.2, 0) is 10.4 Å². The molecule has 2 aliphatic carbocycles. The Balaban J connectivity index is 1.78. The fourth-order valence-electron chi connectivity index (χ4n) is 3.77. The van der Waals surface area contributed by atoms with Gasteiger partial charge in [-0.1, -0.05) is 13.8 Å². The van der Waals surface area contributed by atoms with Gasteiger partial charge in [0.05, 0.1) is 11.1 Å². The zero-order valence-electron chi connectivity index (χ0n) is 16.5. The van der Waals surface area contributed by atoms with Gasteiger partial charge in [-0.05, 0) is 69.1 Å². The quantitative estimate of drug-likeness (QED) is 0.811. The van der Waals surface area contributed by atoms with Gasteiger partial charge >= 0.3 is 0 Å². The number of fused-ring (bicyclic) bond motifs is 1. The minimum Gasteiger partial charge on any atom is -0.386 e.